The van der Waals surface area contributed by atoms with Crippen molar-refractivity contribution >= 4 is 17.3 Å². The standard InChI is InChI=1S/C11H9N3O2S/c12-3-1-8-5-14(6-10(15)16)13-11(8)9-2-4-17-7-9/h2,4-5,7H,1,6H2,(H,15,16). The van der Waals surface area contributed by atoms with Crippen molar-refractivity contribution in [1.82, 2.24) is 9.78 Å². The lowest BCUT2D eigenvalue weighted by molar-refractivity contribution is -0.137. The summed E-state index contributed by atoms with van der Waals surface area (Å²) in [6, 6.07) is 3.96. The fourth-order valence-corrected chi connectivity index (χ4v) is 2.18. The zero-order valence-corrected chi connectivity index (χ0v) is 9.65. The highest BCUT2D eigenvalue weighted by molar-refractivity contribution is 7.08. The molecule has 0 fully saturated rings. The molecule has 0 amide bonds. The Hall–Kier alpha value is -2.13. The number of carboxylic acid groups (broad SMARTS) is 1. The van der Waals surface area contributed by atoms with Crippen LogP contribution in [-0.2, 0) is 17.8 Å². The highest BCUT2D eigenvalue weighted by Crippen LogP contribution is 2.24. The zero-order valence-electron chi connectivity index (χ0n) is 8.83. The molecule has 2 aromatic heterocycles. The second-order valence-electron chi connectivity index (χ2n) is 3.44. The number of carboxylic acids is 1. The van der Waals surface area contributed by atoms with Crippen LogP contribution in [0.4, 0.5) is 0 Å². The largest absolute Gasteiger partial charge is 0.480 e. The number of aliphatic carboxylic acids is 1. The first-order valence-corrected chi connectivity index (χ1v) is 5.82. The Morgan fingerprint density at radius 2 is 2.47 bits per heavy atom. The number of rotatable bonds is 4. The predicted octanol–water partition coefficient (Wildman–Crippen LogP) is 1.76. The van der Waals surface area contributed by atoms with E-state index in [1.54, 1.807) is 6.20 Å². The molecular formula is C11H9N3O2S. The van der Waals surface area contributed by atoms with Crippen LogP contribution < -0.4 is 0 Å². The molecule has 2 heterocycles. The van der Waals surface area contributed by atoms with Gasteiger partial charge in [0.15, 0.2) is 0 Å². The average Bonchev–Trinajstić information content (AvgIpc) is 2.86. The highest BCUT2D eigenvalue weighted by Gasteiger charge is 2.12. The van der Waals surface area contributed by atoms with E-state index in [-0.39, 0.29) is 13.0 Å². The molecule has 17 heavy (non-hydrogen) atoms. The van der Waals surface area contributed by atoms with Crippen molar-refractivity contribution in [2.45, 2.75) is 13.0 Å². The summed E-state index contributed by atoms with van der Waals surface area (Å²) in [5, 5.41) is 25.5. The van der Waals surface area contributed by atoms with E-state index in [9.17, 15) is 4.79 Å². The second-order valence-corrected chi connectivity index (χ2v) is 4.22. The van der Waals surface area contributed by atoms with Gasteiger partial charge in [0.05, 0.1) is 18.2 Å². The third-order valence-electron chi connectivity index (χ3n) is 2.20. The number of hydrogen-bond donors (Lipinski definition) is 1. The number of aromatic nitrogens is 2. The molecule has 0 aliphatic rings. The van der Waals surface area contributed by atoms with Crippen LogP contribution in [0.3, 0.4) is 0 Å². The number of nitriles is 1. The maximum absolute atomic E-state index is 10.6. The van der Waals surface area contributed by atoms with Gasteiger partial charge in [-0.25, -0.2) is 0 Å². The van der Waals surface area contributed by atoms with Crippen molar-refractivity contribution in [2.75, 3.05) is 0 Å². The monoisotopic (exact) mass is 247 g/mol. The van der Waals surface area contributed by atoms with E-state index in [1.165, 1.54) is 16.0 Å². The Morgan fingerprint density at radius 1 is 1.65 bits per heavy atom. The molecule has 0 radical (unpaired) electrons. The first-order valence-electron chi connectivity index (χ1n) is 4.88. The van der Waals surface area contributed by atoms with Crippen molar-refractivity contribution in [3.63, 3.8) is 0 Å². The van der Waals surface area contributed by atoms with E-state index in [4.69, 9.17) is 10.4 Å². The first kappa shape index (κ1) is 11.4. The zero-order chi connectivity index (χ0) is 12.3. The molecule has 1 N–H and O–H groups in total. The highest BCUT2D eigenvalue weighted by atomic mass is 32.1. The molecular weight excluding hydrogens is 238 g/mol. The summed E-state index contributed by atoms with van der Waals surface area (Å²) >= 11 is 1.54. The van der Waals surface area contributed by atoms with Crippen LogP contribution in [-0.4, -0.2) is 20.9 Å². The van der Waals surface area contributed by atoms with Crippen molar-refractivity contribution in [3.05, 3.63) is 28.6 Å². The molecule has 0 aromatic carbocycles. The molecule has 2 aromatic rings. The maximum atomic E-state index is 10.6. The van der Waals surface area contributed by atoms with Gasteiger partial charge < -0.3 is 5.11 Å². The van der Waals surface area contributed by atoms with Crippen molar-refractivity contribution in [1.29, 1.82) is 5.26 Å². The van der Waals surface area contributed by atoms with Gasteiger partial charge in [0.1, 0.15) is 6.54 Å². The maximum Gasteiger partial charge on any atom is 0.325 e. The number of hydrogen-bond acceptors (Lipinski definition) is 4. The smallest absolute Gasteiger partial charge is 0.325 e. The molecule has 5 nitrogen and oxygen atoms in total. The summed E-state index contributed by atoms with van der Waals surface area (Å²) < 4.78 is 1.35. The van der Waals surface area contributed by atoms with Crippen molar-refractivity contribution in [2.24, 2.45) is 0 Å². The fraction of sp³-hybridized carbons (Fsp3) is 0.182. The molecule has 0 bridgehead atoms. The van der Waals surface area contributed by atoms with Crippen LogP contribution in [0.5, 0.6) is 0 Å². The van der Waals surface area contributed by atoms with Crippen LogP contribution in [0.2, 0.25) is 0 Å². The van der Waals surface area contributed by atoms with E-state index < -0.39 is 5.97 Å². The van der Waals surface area contributed by atoms with Crippen molar-refractivity contribution < 1.29 is 9.90 Å². The molecule has 0 spiro atoms. The van der Waals surface area contributed by atoms with E-state index in [0.717, 1.165) is 11.1 Å². The van der Waals surface area contributed by atoms with Gasteiger partial charge in [0.25, 0.3) is 0 Å². The summed E-state index contributed by atoms with van der Waals surface area (Å²) in [5.74, 6) is -0.951. The Labute approximate surface area is 102 Å². The Bertz CT molecular complexity index is 566. The van der Waals surface area contributed by atoms with Crippen LogP contribution in [0, 0.1) is 11.3 Å². The number of nitrogens with zero attached hydrogens (tertiary/aromatic N) is 3. The van der Waals surface area contributed by atoms with E-state index in [0.29, 0.717) is 5.69 Å². The van der Waals surface area contributed by atoms with E-state index in [2.05, 4.69) is 11.2 Å². The van der Waals surface area contributed by atoms with Gasteiger partial charge in [0.2, 0.25) is 0 Å². The third kappa shape index (κ3) is 2.52. The predicted molar refractivity (Wildman–Crippen MR) is 62.5 cm³/mol. The lowest BCUT2D eigenvalue weighted by Crippen LogP contribution is -2.08. The summed E-state index contributed by atoms with van der Waals surface area (Å²) in [6.07, 6.45) is 1.84. The molecule has 0 atom stereocenters. The Balaban J connectivity index is 2.39. The molecule has 0 aliphatic heterocycles. The van der Waals surface area contributed by atoms with Gasteiger partial charge in [-0.1, -0.05) is 0 Å². The lowest BCUT2D eigenvalue weighted by atomic mass is 10.1. The van der Waals surface area contributed by atoms with E-state index in [1.807, 2.05) is 16.8 Å². The van der Waals surface area contributed by atoms with Gasteiger partial charge >= 0.3 is 5.97 Å². The number of thiophene rings is 1. The molecule has 86 valence electrons. The fourth-order valence-electron chi connectivity index (χ4n) is 1.54. The third-order valence-corrected chi connectivity index (χ3v) is 2.88. The van der Waals surface area contributed by atoms with Crippen LogP contribution in [0.1, 0.15) is 5.56 Å². The molecule has 0 saturated carbocycles. The normalized spacial score (nSPS) is 10.1. The molecule has 0 saturated heterocycles. The Morgan fingerprint density at radius 3 is 3.06 bits per heavy atom. The molecule has 6 heteroatoms. The molecule has 0 unspecified atom stereocenters. The van der Waals surface area contributed by atoms with Gasteiger partial charge in [0, 0.05) is 22.7 Å². The first-order chi connectivity index (χ1) is 8.20. The van der Waals surface area contributed by atoms with Gasteiger partial charge in [-0.05, 0) is 11.4 Å². The minimum Gasteiger partial charge on any atom is -0.480 e. The van der Waals surface area contributed by atoms with Crippen LogP contribution >= 0.6 is 11.3 Å². The van der Waals surface area contributed by atoms with Crippen molar-refractivity contribution in [3.8, 4) is 17.3 Å². The summed E-state index contributed by atoms with van der Waals surface area (Å²) in [5.41, 5.74) is 2.37. The van der Waals surface area contributed by atoms with E-state index >= 15 is 0 Å². The minimum atomic E-state index is -0.951. The van der Waals surface area contributed by atoms with Gasteiger partial charge in [-0.2, -0.15) is 21.7 Å². The topological polar surface area (TPSA) is 78.9 Å². The molecule has 2 rings (SSSR count). The second kappa shape index (κ2) is 4.80. The summed E-state index contributed by atoms with van der Waals surface area (Å²) in [6.45, 7) is -0.192. The quantitative estimate of drug-likeness (QED) is 0.892. The van der Waals surface area contributed by atoms with Gasteiger partial charge in [-0.15, -0.1) is 0 Å². The lowest BCUT2D eigenvalue weighted by Gasteiger charge is -1.94. The van der Waals surface area contributed by atoms with Crippen LogP contribution in [0.15, 0.2) is 23.0 Å². The summed E-state index contributed by atoms with van der Waals surface area (Å²) in [4.78, 5) is 10.6. The SMILES string of the molecule is N#CCc1cn(CC(=O)O)nc1-c1ccsc1. The number of carbonyl (C=O) groups is 1. The molecule has 0 aliphatic carbocycles. The van der Waals surface area contributed by atoms with Crippen LogP contribution in [0.25, 0.3) is 11.3 Å². The average molecular weight is 247 g/mol. The minimum absolute atomic E-state index is 0.192. The summed E-state index contributed by atoms with van der Waals surface area (Å²) in [7, 11) is 0. The Kier molecular flexibility index (Phi) is 3.21. The van der Waals surface area contributed by atoms with Gasteiger partial charge in [-0.3, -0.25) is 9.48 Å².